The van der Waals surface area contributed by atoms with Crippen LogP contribution in [0.25, 0.3) is 0 Å². The van der Waals surface area contributed by atoms with E-state index in [0.29, 0.717) is 16.8 Å². The molecule has 1 aliphatic rings. The summed E-state index contributed by atoms with van der Waals surface area (Å²) in [5.74, 6) is -0.0783. The first kappa shape index (κ1) is 13.6. The molecule has 0 aliphatic carbocycles. The zero-order chi connectivity index (χ0) is 12.8. The standard InChI is InChI=1S/C13H19BrN2O2/c14-12-11(5-10-18-12)13(17)15-6-9-16-7-3-1-2-4-8-16/h5,10H,1-4,6-9H2,(H,15,17). The fourth-order valence-electron chi connectivity index (χ4n) is 2.24. The van der Waals surface area contributed by atoms with Crippen molar-refractivity contribution in [3.05, 3.63) is 22.6 Å². The summed E-state index contributed by atoms with van der Waals surface area (Å²) in [6.45, 7) is 3.94. The van der Waals surface area contributed by atoms with Gasteiger partial charge >= 0.3 is 0 Å². The summed E-state index contributed by atoms with van der Waals surface area (Å²) < 4.78 is 5.54. The predicted molar refractivity (Wildman–Crippen MR) is 73.6 cm³/mol. The molecule has 1 amide bonds. The molecule has 18 heavy (non-hydrogen) atoms. The van der Waals surface area contributed by atoms with E-state index in [1.54, 1.807) is 6.07 Å². The fraction of sp³-hybridized carbons (Fsp3) is 0.615. The molecule has 1 aromatic heterocycles. The fourth-order valence-corrected chi connectivity index (χ4v) is 2.66. The summed E-state index contributed by atoms with van der Waals surface area (Å²) in [4.78, 5) is 14.2. The van der Waals surface area contributed by atoms with E-state index in [0.717, 1.165) is 19.6 Å². The number of nitrogens with one attached hydrogen (secondary N) is 1. The van der Waals surface area contributed by atoms with Crippen LogP contribution in [0.1, 0.15) is 36.0 Å². The molecular weight excluding hydrogens is 296 g/mol. The van der Waals surface area contributed by atoms with E-state index in [1.165, 1.54) is 31.9 Å². The minimum atomic E-state index is -0.0783. The lowest BCUT2D eigenvalue weighted by Crippen LogP contribution is -2.35. The molecule has 1 aromatic rings. The van der Waals surface area contributed by atoms with E-state index in [1.807, 2.05) is 0 Å². The lowest BCUT2D eigenvalue weighted by Gasteiger charge is -2.19. The molecule has 1 aliphatic heterocycles. The van der Waals surface area contributed by atoms with Crippen molar-refractivity contribution in [2.24, 2.45) is 0 Å². The molecule has 1 N–H and O–H groups in total. The lowest BCUT2D eigenvalue weighted by atomic mass is 10.2. The number of hydrogen-bond donors (Lipinski definition) is 1. The molecule has 2 heterocycles. The Bertz CT molecular complexity index is 384. The number of rotatable bonds is 4. The van der Waals surface area contributed by atoms with Crippen LogP contribution in [0.5, 0.6) is 0 Å². The quantitative estimate of drug-likeness (QED) is 0.929. The minimum absolute atomic E-state index is 0.0783. The van der Waals surface area contributed by atoms with Gasteiger partial charge in [0.2, 0.25) is 0 Å². The maximum absolute atomic E-state index is 11.8. The molecular formula is C13H19BrN2O2. The van der Waals surface area contributed by atoms with Gasteiger partial charge in [0.1, 0.15) is 0 Å². The molecule has 0 unspecified atom stereocenters. The maximum Gasteiger partial charge on any atom is 0.255 e. The van der Waals surface area contributed by atoms with Gasteiger partial charge in [0, 0.05) is 13.1 Å². The average Bonchev–Trinajstić information content (AvgIpc) is 2.63. The van der Waals surface area contributed by atoms with Crippen molar-refractivity contribution in [1.82, 2.24) is 10.2 Å². The van der Waals surface area contributed by atoms with Gasteiger partial charge in [0.25, 0.3) is 5.91 Å². The number of carbonyl (C=O) groups excluding carboxylic acids is 1. The normalized spacial score (nSPS) is 17.4. The molecule has 0 atom stereocenters. The van der Waals surface area contributed by atoms with Crippen LogP contribution in [-0.4, -0.2) is 37.0 Å². The molecule has 0 saturated carbocycles. The maximum atomic E-state index is 11.8. The van der Waals surface area contributed by atoms with Crippen LogP contribution in [0.3, 0.4) is 0 Å². The Morgan fingerprint density at radius 2 is 2.06 bits per heavy atom. The highest BCUT2D eigenvalue weighted by atomic mass is 79.9. The number of halogens is 1. The van der Waals surface area contributed by atoms with Crippen LogP contribution in [0.15, 0.2) is 21.4 Å². The molecule has 1 saturated heterocycles. The molecule has 0 aromatic carbocycles. The van der Waals surface area contributed by atoms with Crippen molar-refractivity contribution >= 4 is 21.8 Å². The number of amides is 1. The summed E-state index contributed by atoms with van der Waals surface area (Å²) in [6, 6.07) is 1.67. The second kappa shape index (κ2) is 6.95. The molecule has 0 radical (unpaired) electrons. The Hall–Kier alpha value is -0.810. The second-order valence-corrected chi connectivity index (χ2v) is 5.34. The Labute approximate surface area is 116 Å². The third kappa shape index (κ3) is 3.85. The topological polar surface area (TPSA) is 45.5 Å². The summed E-state index contributed by atoms with van der Waals surface area (Å²) in [5, 5.41) is 2.92. The first-order valence-electron chi connectivity index (χ1n) is 6.51. The molecule has 0 spiro atoms. The van der Waals surface area contributed by atoms with E-state index >= 15 is 0 Å². The van der Waals surface area contributed by atoms with Gasteiger partial charge < -0.3 is 14.6 Å². The van der Waals surface area contributed by atoms with Gasteiger partial charge in [-0.2, -0.15) is 0 Å². The average molecular weight is 315 g/mol. The van der Waals surface area contributed by atoms with Gasteiger partial charge in [-0.15, -0.1) is 0 Å². The van der Waals surface area contributed by atoms with Crippen molar-refractivity contribution in [2.75, 3.05) is 26.2 Å². The summed E-state index contributed by atoms with van der Waals surface area (Å²) in [7, 11) is 0. The van der Waals surface area contributed by atoms with E-state index in [9.17, 15) is 4.79 Å². The second-order valence-electron chi connectivity index (χ2n) is 4.62. The van der Waals surface area contributed by atoms with Crippen LogP contribution in [-0.2, 0) is 0 Å². The van der Waals surface area contributed by atoms with E-state index in [2.05, 4.69) is 26.1 Å². The van der Waals surface area contributed by atoms with Crippen molar-refractivity contribution < 1.29 is 9.21 Å². The summed E-state index contributed by atoms with van der Waals surface area (Å²) in [6.07, 6.45) is 6.74. The van der Waals surface area contributed by atoms with Crippen LogP contribution in [0.4, 0.5) is 0 Å². The van der Waals surface area contributed by atoms with Crippen LogP contribution in [0.2, 0.25) is 0 Å². The zero-order valence-electron chi connectivity index (χ0n) is 10.5. The third-order valence-corrected chi connectivity index (χ3v) is 3.89. The number of hydrogen-bond acceptors (Lipinski definition) is 3. The highest BCUT2D eigenvalue weighted by molar-refractivity contribution is 9.10. The van der Waals surface area contributed by atoms with Gasteiger partial charge in [-0.05, 0) is 47.9 Å². The summed E-state index contributed by atoms with van der Waals surface area (Å²) in [5.41, 5.74) is 0.561. The monoisotopic (exact) mass is 314 g/mol. The number of nitrogens with zero attached hydrogens (tertiary/aromatic N) is 1. The number of furan rings is 1. The minimum Gasteiger partial charge on any atom is -0.457 e. The number of likely N-dealkylation sites (tertiary alicyclic amines) is 1. The van der Waals surface area contributed by atoms with E-state index in [4.69, 9.17) is 4.42 Å². The van der Waals surface area contributed by atoms with Crippen molar-refractivity contribution in [3.8, 4) is 0 Å². The first-order valence-corrected chi connectivity index (χ1v) is 7.30. The lowest BCUT2D eigenvalue weighted by molar-refractivity contribution is 0.0947. The van der Waals surface area contributed by atoms with E-state index < -0.39 is 0 Å². The van der Waals surface area contributed by atoms with Crippen LogP contribution >= 0.6 is 15.9 Å². The van der Waals surface area contributed by atoms with Crippen molar-refractivity contribution in [2.45, 2.75) is 25.7 Å². The number of carbonyl (C=O) groups is 1. The Balaban J connectivity index is 1.71. The smallest absolute Gasteiger partial charge is 0.255 e. The first-order chi connectivity index (χ1) is 8.77. The Morgan fingerprint density at radius 3 is 2.67 bits per heavy atom. The third-order valence-electron chi connectivity index (χ3n) is 3.27. The molecule has 0 bridgehead atoms. The van der Waals surface area contributed by atoms with Gasteiger partial charge in [-0.3, -0.25) is 4.79 Å². The highest BCUT2D eigenvalue weighted by Gasteiger charge is 2.13. The van der Waals surface area contributed by atoms with Gasteiger partial charge in [0.15, 0.2) is 4.67 Å². The van der Waals surface area contributed by atoms with Gasteiger partial charge in [-0.1, -0.05) is 12.8 Å². The van der Waals surface area contributed by atoms with Crippen LogP contribution < -0.4 is 5.32 Å². The molecule has 1 fully saturated rings. The highest BCUT2D eigenvalue weighted by Crippen LogP contribution is 2.17. The largest absolute Gasteiger partial charge is 0.457 e. The van der Waals surface area contributed by atoms with Crippen LogP contribution in [0, 0.1) is 0 Å². The van der Waals surface area contributed by atoms with Crippen molar-refractivity contribution in [1.29, 1.82) is 0 Å². The Morgan fingerprint density at radius 1 is 1.33 bits per heavy atom. The Kier molecular flexibility index (Phi) is 5.26. The molecule has 2 rings (SSSR count). The SMILES string of the molecule is O=C(NCCN1CCCCCC1)c1ccoc1Br. The van der Waals surface area contributed by atoms with Crippen molar-refractivity contribution in [3.63, 3.8) is 0 Å². The van der Waals surface area contributed by atoms with Gasteiger partial charge in [-0.25, -0.2) is 0 Å². The van der Waals surface area contributed by atoms with E-state index in [-0.39, 0.29) is 5.91 Å². The molecule has 100 valence electrons. The predicted octanol–water partition coefficient (Wildman–Crippen LogP) is 2.65. The molecule has 5 heteroatoms. The summed E-state index contributed by atoms with van der Waals surface area (Å²) >= 11 is 3.21. The zero-order valence-corrected chi connectivity index (χ0v) is 12.0. The molecule has 4 nitrogen and oxygen atoms in total. The van der Waals surface area contributed by atoms with Gasteiger partial charge in [0.05, 0.1) is 11.8 Å².